The molecule has 0 spiro atoms. The fourth-order valence-electron chi connectivity index (χ4n) is 1.88. The largest absolute Gasteiger partial charge is 0.391 e. The first-order valence-electron chi connectivity index (χ1n) is 6.13. The van der Waals surface area contributed by atoms with Crippen molar-refractivity contribution in [2.24, 2.45) is 5.73 Å². The predicted octanol–water partition coefficient (Wildman–Crippen LogP) is 2.69. The molecular formula is C14H19NO2S. The summed E-state index contributed by atoms with van der Waals surface area (Å²) in [6, 6.07) is 8.22. The summed E-state index contributed by atoms with van der Waals surface area (Å²) in [5.41, 5.74) is 6.92. The van der Waals surface area contributed by atoms with Crippen molar-refractivity contribution in [2.75, 3.05) is 6.54 Å². The first-order valence-corrected chi connectivity index (χ1v) is 7.01. The summed E-state index contributed by atoms with van der Waals surface area (Å²) in [5, 5.41) is 12.8. The normalized spacial score (nSPS) is 16.7. The van der Waals surface area contributed by atoms with Gasteiger partial charge in [-0.15, -0.1) is 11.3 Å². The maximum Gasteiger partial charge on any atom is 0.0966 e. The van der Waals surface area contributed by atoms with E-state index in [9.17, 15) is 5.11 Å². The zero-order valence-corrected chi connectivity index (χ0v) is 11.5. The highest BCUT2D eigenvalue weighted by atomic mass is 32.1. The Morgan fingerprint density at radius 2 is 2.06 bits per heavy atom. The van der Waals surface area contributed by atoms with Gasteiger partial charge in [-0.1, -0.05) is 18.2 Å². The van der Waals surface area contributed by atoms with Gasteiger partial charge in [0, 0.05) is 16.8 Å². The van der Waals surface area contributed by atoms with Gasteiger partial charge in [0.2, 0.25) is 0 Å². The van der Waals surface area contributed by atoms with Gasteiger partial charge >= 0.3 is 0 Å². The van der Waals surface area contributed by atoms with Crippen LogP contribution in [0.25, 0.3) is 10.1 Å². The van der Waals surface area contributed by atoms with Crippen LogP contribution in [0.3, 0.4) is 0 Å². The number of rotatable bonds is 5. The van der Waals surface area contributed by atoms with E-state index >= 15 is 0 Å². The maximum atomic E-state index is 9.51. The maximum absolute atomic E-state index is 9.51. The van der Waals surface area contributed by atoms with Crippen molar-refractivity contribution in [3.8, 4) is 0 Å². The summed E-state index contributed by atoms with van der Waals surface area (Å²) in [6.07, 6.45) is -0.882. The van der Waals surface area contributed by atoms with E-state index in [0.717, 1.165) is 5.56 Å². The van der Waals surface area contributed by atoms with E-state index in [1.165, 1.54) is 10.1 Å². The first-order chi connectivity index (χ1) is 8.63. The molecule has 0 saturated heterocycles. The lowest BCUT2D eigenvalue weighted by atomic mass is 10.1. The molecule has 0 aliphatic carbocycles. The molecule has 18 heavy (non-hydrogen) atoms. The highest BCUT2D eigenvalue weighted by molar-refractivity contribution is 7.17. The van der Waals surface area contributed by atoms with Crippen LogP contribution in [0.2, 0.25) is 0 Å². The van der Waals surface area contributed by atoms with Gasteiger partial charge in [0.15, 0.2) is 0 Å². The zero-order valence-electron chi connectivity index (χ0n) is 10.7. The Morgan fingerprint density at radius 3 is 2.72 bits per heavy atom. The van der Waals surface area contributed by atoms with Gasteiger partial charge in [0.25, 0.3) is 0 Å². The van der Waals surface area contributed by atoms with E-state index in [0.29, 0.717) is 6.54 Å². The summed E-state index contributed by atoms with van der Waals surface area (Å²) in [4.78, 5) is 0. The van der Waals surface area contributed by atoms with Crippen LogP contribution >= 0.6 is 11.3 Å². The van der Waals surface area contributed by atoms with Gasteiger partial charge < -0.3 is 15.6 Å². The fraction of sp³-hybridized carbons (Fsp3) is 0.429. The lowest BCUT2D eigenvalue weighted by Crippen LogP contribution is -2.28. The average molecular weight is 265 g/mol. The number of hydrogen-bond donors (Lipinski definition) is 2. The number of nitrogens with two attached hydrogens (primary N) is 1. The molecule has 3 unspecified atom stereocenters. The van der Waals surface area contributed by atoms with Crippen molar-refractivity contribution < 1.29 is 9.84 Å². The third-order valence-corrected chi connectivity index (χ3v) is 4.11. The summed E-state index contributed by atoms with van der Waals surface area (Å²) in [7, 11) is 0. The molecule has 0 radical (unpaired) electrons. The number of thiophene rings is 1. The number of hydrogen-bond acceptors (Lipinski definition) is 4. The van der Waals surface area contributed by atoms with Gasteiger partial charge in [-0.25, -0.2) is 0 Å². The second-order valence-electron chi connectivity index (χ2n) is 4.49. The molecule has 3 N–H and O–H groups in total. The van der Waals surface area contributed by atoms with Crippen molar-refractivity contribution in [2.45, 2.75) is 32.2 Å². The molecule has 0 amide bonds. The topological polar surface area (TPSA) is 55.5 Å². The second kappa shape index (κ2) is 5.80. The summed E-state index contributed by atoms with van der Waals surface area (Å²) in [5.74, 6) is 0. The molecule has 0 aliphatic heterocycles. The fourth-order valence-corrected chi connectivity index (χ4v) is 2.88. The van der Waals surface area contributed by atoms with Crippen molar-refractivity contribution in [3.63, 3.8) is 0 Å². The van der Waals surface area contributed by atoms with Crippen molar-refractivity contribution in [1.29, 1.82) is 0 Å². The highest BCUT2D eigenvalue weighted by Crippen LogP contribution is 2.32. The van der Waals surface area contributed by atoms with Crippen LogP contribution in [-0.2, 0) is 4.74 Å². The van der Waals surface area contributed by atoms with Gasteiger partial charge in [-0.3, -0.25) is 0 Å². The average Bonchev–Trinajstić information content (AvgIpc) is 2.79. The minimum Gasteiger partial charge on any atom is -0.391 e. The molecule has 98 valence electrons. The van der Waals surface area contributed by atoms with Crippen LogP contribution in [0.5, 0.6) is 0 Å². The van der Waals surface area contributed by atoms with Crippen molar-refractivity contribution >= 4 is 21.4 Å². The third kappa shape index (κ3) is 2.72. The zero-order chi connectivity index (χ0) is 13.1. The Labute approximate surface area is 111 Å². The molecule has 4 heteroatoms. The minimum atomic E-state index is -0.496. The van der Waals surface area contributed by atoms with Crippen molar-refractivity contribution in [3.05, 3.63) is 35.2 Å². The van der Waals surface area contributed by atoms with E-state index in [-0.39, 0.29) is 12.2 Å². The Kier molecular flexibility index (Phi) is 4.35. The highest BCUT2D eigenvalue weighted by Gasteiger charge is 2.20. The smallest absolute Gasteiger partial charge is 0.0966 e. The third-order valence-electron chi connectivity index (χ3n) is 3.13. The van der Waals surface area contributed by atoms with E-state index < -0.39 is 6.10 Å². The summed E-state index contributed by atoms with van der Waals surface area (Å²) in [6.45, 7) is 4.00. The number of fused-ring (bicyclic) bond motifs is 1. The molecule has 3 nitrogen and oxygen atoms in total. The van der Waals surface area contributed by atoms with E-state index in [4.69, 9.17) is 10.5 Å². The van der Waals surface area contributed by atoms with Gasteiger partial charge in [-0.2, -0.15) is 0 Å². The molecule has 0 aliphatic rings. The number of benzene rings is 1. The Bertz CT molecular complexity index is 509. The van der Waals surface area contributed by atoms with Crippen LogP contribution < -0.4 is 5.73 Å². The predicted molar refractivity (Wildman–Crippen MR) is 75.8 cm³/mol. The van der Waals surface area contributed by atoms with E-state index in [2.05, 4.69) is 17.5 Å². The van der Waals surface area contributed by atoms with E-state index in [1.54, 1.807) is 18.3 Å². The van der Waals surface area contributed by atoms with Gasteiger partial charge in [0.05, 0.1) is 18.3 Å². The van der Waals surface area contributed by atoms with Crippen LogP contribution in [0.15, 0.2) is 29.6 Å². The first kappa shape index (κ1) is 13.5. The monoisotopic (exact) mass is 265 g/mol. The summed E-state index contributed by atoms with van der Waals surface area (Å²) < 4.78 is 7.08. The Balaban J connectivity index is 2.27. The number of aliphatic hydroxyl groups is 1. The standard InChI is InChI=1S/C14H19NO2S/c1-9(16)10(2)17-13(7-15)12-8-18-14-6-4-3-5-11(12)14/h3-6,8-10,13,16H,7,15H2,1-2H3. The molecule has 3 atom stereocenters. The molecular weight excluding hydrogens is 246 g/mol. The molecule has 0 saturated carbocycles. The molecule has 2 rings (SSSR count). The SMILES string of the molecule is CC(O)C(C)OC(CN)c1csc2ccccc12. The number of aliphatic hydroxyl groups excluding tert-OH is 1. The van der Waals surface area contributed by atoms with Gasteiger partial charge in [0.1, 0.15) is 0 Å². The second-order valence-corrected chi connectivity index (χ2v) is 5.40. The van der Waals surface area contributed by atoms with E-state index in [1.807, 2.05) is 19.1 Å². The lowest BCUT2D eigenvalue weighted by Gasteiger charge is -2.23. The number of ether oxygens (including phenoxy) is 1. The quantitative estimate of drug-likeness (QED) is 0.874. The lowest BCUT2D eigenvalue weighted by molar-refractivity contribution is -0.0585. The van der Waals surface area contributed by atoms with Gasteiger partial charge in [-0.05, 0) is 30.7 Å². The molecule has 1 aromatic carbocycles. The minimum absolute atomic E-state index is 0.161. The molecule has 2 aromatic rings. The molecule has 0 fully saturated rings. The Morgan fingerprint density at radius 1 is 1.33 bits per heavy atom. The van der Waals surface area contributed by atoms with Crippen LogP contribution in [0, 0.1) is 0 Å². The molecule has 1 aromatic heterocycles. The molecule has 0 bridgehead atoms. The Hall–Kier alpha value is -0.940. The summed E-state index contributed by atoms with van der Waals surface area (Å²) >= 11 is 1.70. The van der Waals surface area contributed by atoms with Crippen LogP contribution in [-0.4, -0.2) is 23.9 Å². The molecule has 1 heterocycles. The van der Waals surface area contributed by atoms with Crippen molar-refractivity contribution in [1.82, 2.24) is 0 Å². The van der Waals surface area contributed by atoms with Crippen LogP contribution in [0.4, 0.5) is 0 Å². The van der Waals surface area contributed by atoms with Crippen LogP contribution in [0.1, 0.15) is 25.5 Å².